The monoisotopic (exact) mass is 326 g/mol. The Balaban J connectivity index is 1.49. The lowest BCUT2D eigenvalue weighted by Gasteiger charge is -2.13. The van der Waals surface area contributed by atoms with Gasteiger partial charge in [-0.1, -0.05) is 11.6 Å². The molecule has 0 aliphatic heterocycles. The minimum Gasteiger partial charge on any atom is -0.467 e. The fraction of sp³-hybridized carbons (Fsp3) is 0.389. The van der Waals surface area contributed by atoms with Gasteiger partial charge in [-0.15, -0.1) is 0 Å². The average Bonchev–Trinajstić information content (AvgIpc) is 3.14. The Morgan fingerprint density at radius 2 is 2.25 bits per heavy atom. The number of aromatic nitrogens is 2. The Hall–Kier alpha value is -2.63. The van der Waals surface area contributed by atoms with E-state index in [-0.39, 0.29) is 5.91 Å². The highest BCUT2D eigenvalue weighted by Crippen LogP contribution is 2.19. The van der Waals surface area contributed by atoms with Crippen LogP contribution in [0.5, 0.6) is 0 Å². The molecule has 0 saturated carbocycles. The van der Waals surface area contributed by atoms with Crippen molar-refractivity contribution in [1.29, 1.82) is 0 Å². The number of nitrogens with zero attached hydrogens (tertiary/aromatic N) is 2. The molecule has 0 bridgehead atoms. The highest BCUT2D eigenvalue weighted by Gasteiger charge is 2.09. The van der Waals surface area contributed by atoms with Crippen LogP contribution in [0.3, 0.4) is 0 Å². The standard InChI is InChI=1S/C18H22N4O2/c23-18(20-12-15-7-4-10-24-15)16-11-17(22-13-21-16)19-9-8-14-5-2-1-3-6-14/h4-5,7,10-11,13H,1-3,6,8-9,12H2,(H,20,23)(H,19,21,22). The number of carbonyl (C=O) groups is 1. The SMILES string of the molecule is O=C(NCc1ccco1)c1cc(NCCC2=CCCCC2)ncn1. The van der Waals surface area contributed by atoms with E-state index < -0.39 is 0 Å². The molecule has 6 heteroatoms. The van der Waals surface area contributed by atoms with Crippen molar-refractivity contribution in [3.8, 4) is 0 Å². The van der Waals surface area contributed by atoms with E-state index in [4.69, 9.17) is 4.42 Å². The summed E-state index contributed by atoms with van der Waals surface area (Å²) >= 11 is 0. The van der Waals surface area contributed by atoms with Crippen LogP contribution in [0, 0.1) is 0 Å². The molecule has 0 fully saturated rings. The van der Waals surface area contributed by atoms with E-state index in [2.05, 4.69) is 26.7 Å². The predicted octanol–water partition coefficient (Wildman–Crippen LogP) is 3.30. The van der Waals surface area contributed by atoms with Crippen molar-refractivity contribution in [3.05, 3.63) is 53.9 Å². The fourth-order valence-electron chi connectivity index (χ4n) is 2.73. The Morgan fingerprint density at radius 1 is 1.29 bits per heavy atom. The van der Waals surface area contributed by atoms with E-state index in [1.807, 2.05) is 6.07 Å². The second-order valence-corrected chi connectivity index (χ2v) is 5.84. The van der Waals surface area contributed by atoms with Crippen LogP contribution in [0.4, 0.5) is 5.82 Å². The molecule has 0 unspecified atom stereocenters. The normalized spacial score (nSPS) is 14.1. The van der Waals surface area contributed by atoms with Crippen LogP contribution in [0.1, 0.15) is 48.4 Å². The Morgan fingerprint density at radius 3 is 3.04 bits per heavy atom. The number of hydrogen-bond acceptors (Lipinski definition) is 5. The molecule has 3 rings (SSSR count). The van der Waals surface area contributed by atoms with Gasteiger partial charge in [0.1, 0.15) is 23.6 Å². The van der Waals surface area contributed by atoms with Gasteiger partial charge in [-0.25, -0.2) is 9.97 Å². The maximum Gasteiger partial charge on any atom is 0.270 e. The number of allylic oxidation sites excluding steroid dienone is 1. The number of hydrogen-bond donors (Lipinski definition) is 2. The van der Waals surface area contributed by atoms with Crippen LogP contribution in [0.15, 0.2) is 46.9 Å². The molecular formula is C18H22N4O2. The Kier molecular flexibility index (Phi) is 5.61. The predicted molar refractivity (Wildman–Crippen MR) is 91.6 cm³/mol. The molecular weight excluding hydrogens is 304 g/mol. The van der Waals surface area contributed by atoms with Crippen molar-refractivity contribution < 1.29 is 9.21 Å². The molecule has 6 nitrogen and oxygen atoms in total. The summed E-state index contributed by atoms with van der Waals surface area (Å²) in [5, 5.41) is 6.04. The van der Waals surface area contributed by atoms with Crippen molar-refractivity contribution >= 4 is 11.7 Å². The van der Waals surface area contributed by atoms with Gasteiger partial charge in [0, 0.05) is 12.6 Å². The van der Waals surface area contributed by atoms with Gasteiger partial charge in [0.25, 0.3) is 5.91 Å². The number of nitrogens with one attached hydrogen (secondary N) is 2. The number of rotatable bonds is 7. The minimum atomic E-state index is -0.244. The summed E-state index contributed by atoms with van der Waals surface area (Å²) in [5.41, 5.74) is 1.86. The van der Waals surface area contributed by atoms with Crippen LogP contribution in [0.2, 0.25) is 0 Å². The van der Waals surface area contributed by atoms with Crippen molar-refractivity contribution in [2.75, 3.05) is 11.9 Å². The number of amides is 1. The second kappa shape index (κ2) is 8.29. The lowest BCUT2D eigenvalue weighted by Crippen LogP contribution is -2.23. The van der Waals surface area contributed by atoms with Crippen LogP contribution in [0.25, 0.3) is 0 Å². The van der Waals surface area contributed by atoms with Crippen molar-refractivity contribution in [2.24, 2.45) is 0 Å². The van der Waals surface area contributed by atoms with Gasteiger partial charge < -0.3 is 15.1 Å². The summed E-state index contributed by atoms with van der Waals surface area (Å²) in [7, 11) is 0. The zero-order valence-electron chi connectivity index (χ0n) is 13.6. The smallest absolute Gasteiger partial charge is 0.270 e. The lowest BCUT2D eigenvalue weighted by atomic mass is 9.97. The summed E-state index contributed by atoms with van der Waals surface area (Å²) in [4.78, 5) is 20.3. The molecule has 2 N–H and O–H groups in total. The van der Waals surface area contributed by atoms with Crippen molar-refractivity contribution in [2.45, 2.75) is 38.6 Å². The van der Waals surface area contributed by atoms with E-state index in [9.17, 15) is 4.79 Å². The zero-order chi connectivity index (χ0) is 16.6. The number of anilines is 1. The summed E-state index contributed by atoms with van der Waals surface area (Å²) < 4.78 is 5.19. The maximum atomic E-state index is 12.1. The Bertz CT molecular complexity index is 695. The third kappa shape index (κ3) is 4.68. The van der Waals surface area contributed by atoms with Crippen molar-refractivity contribution in [3.63, 3.8) is 0 Å². The van der Waals surface area contributed by atoms with Gasteiger partial charge in [0.2, 0.25) is 0 Å². The summed E-state index contributed by atoms with van der Waals surface area (Å²) in [6, 6.07) is 5.27. The maximum absolute atomic E-state index is 12.1. The molecule has 0 radical (unpaired) electrons. The first-order valence-corrected chi connectivity index (χ1v) is 8.35. The molecule has 1 aliphatic carbocycles. The molecule has 126 valence electrons. The molecule has 0 atom stereocenters. The highest BCUT2D eigenvalue weighted by molar-refractivity contribution is 5.92. The quantitative estimate of drug-likeness (QED) is 0.763. The van der Waals surface area contributed by atoms with E-state index in [1.165, 1.54) is 37.6 Å². The second-order valence-electron chi connectivity index (χ2n) is 5.84. The first-order valence-electron chi connectivity index (χ1n) is 8.35. The molecule has 0 aromatic carbocycles. The third-order valence-corrected chi connectivity index (χ3v) is 4.04. The number of furan rings is 1. The van der Waals surface area contributed by atoms with Crippen LogP contribution < -0.4 is 10.6 Å². The van der Waals surface area contributed by atoms with Gasteiger partial charge in [0.15, 0.2) is 0 Å². The summed E-state index contributed by atoms with van der Waals surface area (Å²) in [5.74, 6) is 1.13. The molecule has 2 aromatic rings. The fourth-order valence-corrected chi connectivity index (χ4v) is 2.73. The first kappa shape index (κ1) is 16.2. The van der Waals surface area contributed by atoms with E-state index in [0.717, 1.165) is 13.0 Å². The average molecular weight is 326 g/mol. The molecule has 24 heavy (non-hydrogen) atoms. The molecule has 0 saturated heterocycles. The minimum absolute atomic E-state index is 0.244. The first-order chi connectivity index (χ1) is 11.8. The van der Waals surface area contributed by atoms with Gasteiger partial charge in [-0.05, 0) is 44.2 Å². The lowest BCUT2D eigenvalue weighted by molar-refractivity contribution is 0.0943. The summed E-state index contributed by atoms with van der Waals surface area (Å²) in [6.45, 7) is 1.16. The molecule has 1 amide bonds. The molecule has 1 aliphatic rings. The van der Waals surface area contributed by atoms with Gasteiger partial charge in [0.05, 0.1) is 12.8 Å². The van der Waals surface area contributed by atoms with Gasteiger partial charge in [-0.3, -0.25) is 4.79 Å². The van der Waals surface area contributed by atoms with Crippen LogP contribution in [-0.4, -0.2) is 22.4 Å². The molecule has 2 heterocycles. The molecule has 2 aromatic heterocycles. The largest absolute Gasteiger partial charge is 0.467 e. The van der Waals surface area contributed by atoms with E-state index in [1.54, 1.807) is 18.4 Å². The third-order valence-electron chi connectivity index (χ3n) is 4.04. The van der Waals surface area contributed by atoms with E-state index in [0.29, 0.717) is 23.8 Å². The van der Waals surface area contributed by atoms with Crippen molar-refractivity contribution in [1.82, 2.24) is 15.3 Å². The molecule has 0 spiro atoms. The Labute approximate surface area is 141 Å². The zero-order valence-corrected chi connectivity index (χ0v) is 13.6. The van der Waals surface area contributed by atoms with E-state index >= 15 is 0 Å². The summed E-state index contributed by atoms with van der Waals surface area (Å²) in [6.07, 6.45) is 11.3. The van der Waals surface area contributed by atoms with Gasteiger partial charge >= 0.3 is 0 Å². The highest BCUT2D eigenvalue weighted by atomic mass is 16.3. The topological polar surface area (TPSA) is 80.0 Å². The van der Waals surface area contributed by atoms with Gasteiger partial charge in [-0.2, -0.15) is 0 Å². The van der Waals surface area contributed by atoms with Crippen LogP contribution in [-0.2, 0) is 6.54 Å². The van der Waals surface area contributed by atoms with Crippen LogP contribution >= 0.6 is 0 Å². The number of carbonyl (C=O) groups excluding carboxylic acids is 1.